The lowest BCUT2D eigenvalue weighted by Gasteiger charge is -2.28. The van der Waals surface area contributed by atoms with Gasteiger partial charge in [0.1, 0.15) is 5.76 Å². The predicted molar refractivity (Wildman–Crippen MR) is 111 cm³/mol. The van der Waals surface area contributed by atoms with Crippen LogP contribution < -0.4 is 9.47 Å². The molecule has 3 heterocycles. The highest BCUT2D eigenvalue weighted by molar-refractivity contribution is 5.84. The molecule has 0 radical (unpaired) electrons. The first-order chi connectivity index (χ1) is 15.1. The Labute approximate surface area is 181 Å². The van der Waals surface area contributed by atoms with E-state index in [9.17, 15) is 9.59 Å². The average molecular weight is 428 g/mol. The van der Waals surface area contributed by atoms with Crippen molar-refractivity contribution in [3.05, 3.63) is 47.9 Å². The monoisotopic (exact) mass is 428 g/mol. The Morgan fingerprint density at radius 1 is 1.06 bits per heavy atom. The molecule has 1 unspecified atom stereocenters. The zero-order valence-electron chi connectivity index (χ0n) is 17.7. The number of furan rings is 1. The molecule has 8 heteroatoms. The van der Waals surface area contributed by atoms with Gasteiger partial charge < -0.3 is 28.4 Å². The van der Waals surface area contributed by atoms with Crippen LogP contribution in [-0.4, -0.2) is 54.2 Å². The van der Waals surface area contributed by atoms with E-state index in [0.29, 0.717) is 49.9 Å². The SMILES string of the molecule is CCC(=O)N(CC(=O)N(Cc1ccc2c(c1)OCO2)Cc1ccco1)CC1CCCO1. The number of carbonyl (C=O) groups is 2. The van der Waals surface area contributed by atoms with Crippen molar-refractivity contribution >= 4 is 11.8 Å². The summed E-state index contributed by atoms with van der Waals surface area (Å²) in [6.45, 7) is 3.85. The molecular weight excluding hydrogens is 400 g/mol. The third kappa shape index (κ3) is 5.38. The number of hydrogen-bond donors (Lipinski definition) is 0. The summed E-state index contributed by atoms with van der Waals surface area (Å²) < 4.78 is 22.0. The second-order valence-corrected chi connectivity index (χ2v) is 7.78. The highest BCUT2D eigenvalue weighted by atomic mass is 16.7. The minimum absolute atomic E-state index is 0.00400. The van der Waals surface area contributed by atoms with Crippen LogP contribution in [0.1, 0.15) is 37.5 Å². The summed E-state index contributed by atoms with van der Waals surface area (Å²) in [5.74, 6) is 1.85. The van der Waals surface area contributed by atoms with Gasteiger partial charge in [0.2, 0.25) is 18.6 Å². The fraction of sp³-hybridized carbons (Fsp3) is 0.478. The molecule has 2 aliphatic rings. The number of fused-ring (bicyclic) bond motifs is 1. The Bertz CT molecular complexity index is 891. The van der Waals surface area contributed by atoms with Crippen LogP contribution in [0.25, 0.3) is 0 Å². The van der Waals surface area contributed by atoms with Gasteiger partial charge >= 0.3 is 0 Å². The molecule has 2 amide bonds. The van der Waals surface area contributed by atoms with Gasteiger partial charge in [-0.2, -0.15) is 0 Å². The van der Waals surface area contributed by atoms with Gasteiger partial charge in [0.05, 0.1) is 25.5 Å². The predicted octanol–water partition coefficient (Wildman–Crippen LogP) is 2.95. The van der Waals surface area contributed by atoms with E-state index in [1.807, 2.05) is 31.2 Å². The second kappa shape index (κ2) is 9.87. The maximum Gasteiger partial charge on any atom is 0.242 e. The lowest BCUT2D eigenvalue weighted by molar-refractivity contribution is -0.142. The average Bonchev–Trinajstić information content (AvgIpc) is 3.54. The molecule has 1 atom stereocenters. The van der Waals surface area contributed by atoms with Crippen molar-refractivity contribution in [1.82, 2.24) is 9.80 Å². The fourth-order valence-electron chi connectivity index (χ4n) is 3.86. The van der Waals surface area contributed by atoms with E-state index in [1.54, 1.807) is 22.1 Å². The summed E-state index contributed by atoms with van der Waals surface area (Å²) in [7, 11) is 0. The molecule has 1 aromatic heterocycles. The molecule has 0 aliphatic carbocycles. The van der Waals surface area contributed by atoms with Gasteiger partial charge in [0.25, 0.3) is 0 Å². The summed E-state index contributed by atoms with van der Waals surface area (Å²) in [4.78, 5) is 29.1. The van der Waals surface area contributed by atoms with E-state index in [1.165, 1.54) is 0 Å². The molecule has 0 N–H and O–H groups in total. The number of ether oxygens (including phenoxy) is 3. The number of rotatable bonds is 9. The number of amides is 2. The lowest BCUT2D eigenvalue weighted by atomic mass is 10.1. The first kappa shape index (κ1) is 21.2. The highest BCUT2D eigenvalue weighted by Gasteiger charge is 2.26. The van der Waals surface area contributed by atoms with Crippen molar-refractivity contribution in [2.24, 2.45) is 0 Å². The van der Waals surface area contributed by atoms with Crippen LogP contribution in [0.2, 0.25) is 0 Å². The molecule has 1 fully saturated rings. The van der Waals surface area contributed by atoms with Gasteiger partial charge in [-0.05, 0) is 42.7 Å². The van der Waals surface area contributed by atoms with Crippen molar-refractivity contribution in [3.8, 4) is 11.5 Å². The van der Waals surface area contributed by atoms with Crippen molar-refractivity contribution in [2.45, 2.75) is 45.4 Å². The second-order valence-electron chi connectivity index (χ2n) is 7.78. The molecule has 166 valence electrons. The number of hydrogen-bond acceptors (Lipinski definition) is 6. The topological polar surface area (TPSA) is 81.5 Å². The number of carbonyl (C=O) groups excluding carboxylic acids is 2. The van der Waals surface area contributed by atoms with Crippen LogP contribution in [0.4, 0.5) is 0 Å². The molecule has 0 spiro atoms. The van der Waals surface area contributed by atoms with Gasteiger partial charge in [-0.3, -0.25) is 9.59 Å². The number of benzene rings is 1. The quantitative estimate of drug-likeness (QED) is 0.611. The van der Waals surface area contributed by atoms with Gasteiger partial charge in [-0.25, -0.2) is 0 Å². The maximum absolute atomic E-state index is 13.3. The summed E-state index contributed by atoms with van der Waals surface area (Å²) >= 11 is 0. The van der Waals surface area contributed by atoms with Crippen LogP contribution in [0.15, 0.2) is 41.0 Å². The van der Waals surface area contributed by atoms with Crippen LogP contribution in [0, 0.1) is 0 Å². The van der Waals surface area contributed by atoms with E-state index in [2.05, 4.69) is 0 Å². The minimum atomic E-state index is -0.145. The summed E-state index contributed by atoms with van der Waals surface area (Å²) in [6.07, 6.45) is 3.83. The normalized spacial score (nSPS) is 17.0. The molecule has 1 aromatic carbocycles. The molecular formula is C23H28N2O6. The Hall–Kier alpha value is -3.00. The first-order valence-electron chi connectivity index (χ1n) is 10.7. The van der Waals surface area contributed by atoms with Crippen molar-refractivity contribution in [1.29, 1.82) is 0 Å². The molecule has 31 heavy (non-hydrogen) atoms. The standard InChI is InChI=1S/C23H28N2O6/c1-2-22(26)25(14-19-6-4-10-29-19)15-23(27)24(13-18-5-3-9-28-18)12-17-7-8-20-21(11-17)31-16-30-20/h3,5,7-9,11,19H,2,4,6,10,12-16H2,1H3. The van der Waals surface area contributed by atoms with Crippen molar-refractivity contribution in [3.63, 3.8) is 0 Å². The fourth-order valence-corrected chi connectivity index (χ4v) is 3.86. The third-order valence-electron chi connectivity index (χ3n) is 5.52. The van der Waals surface area contributed by atoms with E-state index in [-0.39, 0.29) is 31.3 Å². The minimum Gasteiger partial charge on any atom is -0.467 e. The first-order valence-corrected chi connectivity index (χ1v) is 10.7. The molecule has 0 bridgehead atoms. The largest absolute Gasteiger partial charge is 0.467 e. The highest BCUT2D eigenvalue weighted by Crippen LogP contribution is 2.33. The molecule has 0 saturated carbocycles. The van der Waals surface area contributed by atoms with Gasteiger partial charge in [0.15, 0.2) is 11.5 Å². The number of nitrogens with zero attached hydrogens (tertiary/aromatic N) is 2. The van der Waals surface area contributed by atoms with Gasteiger partial charge in [0, 0.05) is 26.1 Å². The van der Waals surface area contributed by atoms with Crippen molar-refractivity contribution < 1.29 is 28.2 Å². The van der Waals surface area contributed by atoms with E-state index in [4.69, 9.17) is 18.6 Å². The zero-order valence-corrected chi connectivity index (χ0v) is 17.7. The third-order valence-corrected chi connectivity index (χ3v) is 5.52. The molecule has 1 saturated heterocycles. The Kier molecular flexibility index (Phi) is 6.76. The lowest BCUT2D eigenvalue weighted by Crippen LogP contribution is -2.45. The summed E-state index contributed by atoms with van der Waals surface area (Å²) in [5, 5.41) is 0. The molecule has 2 aromatic rings. The van der Waals surface area contributed by atoms with Gasteiger partial charge in [-0.1, -0.05) is 13.0 Å². The summed E-state index contributed by atoms with van der Waals surface area (Å²) in [6, 6.07) is 9.27. The Morgan fingerprint density at radius 3 is 2.68 bits per heavy atom. The van der Waals surface area contributed by atoms with E-state index < -0.39 is 0 Å². The van der Waals surface area contributed by atoms with Crippen LogP contribution >= 0.6 is 0 Å². The zero-order chi connectivity index (χ0) is 21.6. The van der Waals surface area contributed by atoms with Crippen LogP contribution in [-0.2, 0) is 27.4 Å². The molecule has 2 aliphatic heterocycles. The molecule has 4 rings (SSSR count). The maximum atomic E-state index is 13.3. The van der Waals surface area contributed by atoms with E-state index in [0.717, 1.165) is 18.4 Å². The summed E-state index contributed by atoms with van der Waals surface area (Å²) in [5.41, 5.74) is 0.914. The van der Waals surface area contributed by atoms with Crippen molar-refractivity contribution in [2.75, 3.05) is 26.5 Å². The molecule has 8 nitrogen and oxygen atoms in total. The Morgan fingerprint density at radius 2 is 1.94 bits per heavy atom. The Balaban J connectivity index is 1.48. The van der Waals surface area contributed by atoms with E-state index >= 15 is 0 Å². The van der Waals surface area contributed by atoms with Crippen LogP contribution in [0.3, 0.4) is 0 Å². The van der Waals surface area contributed by atoms with Crippen LogP contribution in [0.5, 0.6) is 11.5 Å². The van der Waals surface area contributed by atoms with Gasteiger partial charge in [-0.15, -0.1) is 0 Å². The smallest absolute Gasteiger partial charge is 0.242 e.